The van der Waals surface area contributed by atoms with E-state index < -0.39 is 5.97 Å². The van der Waals surface area contributed by atoms with Crippen molar-refractivity contribution in [1.29, 1.82) is 0 Å². The van der Waals surface area contributed by atoms with E-state index in [1.54, 1.807) is 18.2 Å². The van der Waals surface area contributed by atoms with Crippen LogP contribution in [-0.4, -0.2) is 18.4 Å². The van der Waals surface area contributed by atoms with Gasteiger partial charge < -0.3 is 9.47 Å². The zero-order valence-electron chi connectivity index (χ0n) is 27.5. The van der Waals surface area contributed by atoms with Gasteiger partial charge in [-0.25, -0.2) is 4.79 Å². The highest BCUT2D eigenvalue weighted by molar-refractivity contribution is 6.00. The number of unbranched alkanes of at least 4 members (excludes halogenated alkanes) is 16. The number of ketones is 1. The van der Waals surface area contributed by atoms with Gasteiger partial charge in [0.2, 0.25) is 0 Å². The molecule has 0 spiro atoms. The lowest BCUT2D eigenvalue weighted by Gasteiger charge is -2.09. The fraction of sp³-hybridized carbons (Fsp3) is 0.550. The highest BCUT2D eigenvalue weighted by Crippen LogP contribution is 2.24. The SMILES string of the molecule is CCCCCCCCCCCCOc1ccc(C(=O)Oc2ccc3cc(C(=O)CCCCCCCCCC)ccc3c2)cc1. The topological polar surface area (TPSA) is 52.6 Å². The van der Waals surface area contributed by atoms with Crippen molar-refractivity contribution in [2.24, 2.45) is 0 Å². The van der Waals surface area contributed by atoms with Gasteiger partial charge in [0.15, 0.2) is 5.78 Å². The van der Waals surface area contributed by atoms with Crippen molar-refractivity contribution in [2.75, 3.05) is 6.61 Å². The van der Waals surface area contributed by atoms with Gasteiger partial charge in [-0.15, -0.1) is 0 Å². The van der Waals surface area contributed by atoms with Crippen LogP contribution in [0.25, 0.3) is 10.8 Å². The van der Waals surface area contributed by atoms with Crippen LogP contribution in [0, 0.1) is 0 Å². The van der Waals surface area contributed by atoms with Crippen LogP contribution >= 0.6 is 0 Å². The summed E-state index contributed by atoms with van der Waals surface area (Å²) in [6, 6.07) is 18.5. The summed E-state index contributed by atoms with van der Waals surface area (Å²) in [6.45, 7) is 5.20. The molecule has 0 bridgehead atoms. The van der Waals surface area contributed by atoms with Crippen LogP contribution in [0.1, 0.15) is 157 Å². The fourth-order valence-electron chi connectivity index (χ4n) is 5.66. The van der Waals surface area contributed by atoms with Crippen molar-refractivity contribution in [1.82, 2.24) is 0 Å². The first-order valence-electron chi connectivity index (χ1n) is 17.6. The first-order chi connectivity index (χ1) is 21.6. The molecule has 0 aliphatic rings. The molecule has 0 fully saturated rings. The number of hydrogen-bond donors (Lipinski definition) is 0. The molecule has 0 saturated heterocycles. The number of carbonyl (C=O) groups excluding carboxylic acids is 2. The lowest BCUT2D eigenvalue weighted by atomic mass is 10.00. The maximum Gasteiger partial charge on any atom is 0.343 e. The maximum absolute atomic E-state index is 12.8. The van der Waals surface area contributed by atoms with E-state index in [9.17, 15) is 9.59 Å². The van der Waals surface area contributed by atoms with E-state index in [2.05, 4.69) is 13.8 Å². The van der Waals surface area contributed by atoms with Gasteiger partial charge in [0, 0.05) is 12.0 Å². The fourth-order valence-corrected chi connectivity index (χ4v) is 5.66. The van der Waals surface area contributed by atoms with Crippen molar-refractivity contribution >= 4 is 22.5 Å². The lowest BCUT2D eigenvalue weighted by Crippen LogP contribution is -2.08. The summed E-state index contributed by atoms with van der Waals surface area (Å²) in [4.78, 5) is 25.5. The Labute approximate surface area is 266 Å². The third-order valence-electron chi connectivity index (χ3n) is 8.46. The third-order valence-corrected chi connectivity index (χ3v) is 8.46. The van der Waals surface area contributed by atoms with Crippen molar-refractivity contribution in [3.05, 3.63) is 71.8 Å². The Kier molecular flexibility index (Phi) is 17.3. The maximum atomic E-state index is 12.8. The number of hydrogen-bond acceptors (Lipinski definition) is 4. The summed E-state index contributed by atoms with van der Waals surface area (Å²) in [7, 11) is 0. The van der Waals surface area contributed by atoms with Gasteiger partial charge in [0.25, 0.3) is 0 Å². The second-order valence-electron chi connectivity index (χ2n) is 12.3. The van der Waals surface area contributed by atoms with Gasteiger partial charge >= 0.3 is 5.97 Å². The zero-order valence-corrected chi connectivity index (χ0v) is 27.5. The average molecular weight is 601 g/mol. The molecular formula is C40H56O4. The lowest BCUT2D eigenvalue weighted by molar-refractivity contribution is 0.0734. The van der Waals surface area contributed by atoms with Crippen molar-refractivity contribution in [2.45, 2.75) is 136 Å². The highest BCUT2D eigenvalue weighted by atomic mass is 16.5. The second kappa shape index (κ2) is 21.5. The predicted octanol–water partition coefficient (Wildman–Crippen LogP) is 12.1. The molecule has 4 nitrogen and oxygen atoms in total. The van der Waals surface area contributed by atoms with Gasteiger partial charge in [0.05, 0.1) is 12.2 Å². The number of Topliss-reactive ketones (excluding diaryl/α,β-unsaturated/α-hetero) is 1. The Bertz CT molecular complexity index is 1230. The number of ether oxygens (including phenoxy) is 2. The molecule has 0 aliphatic carbocycles. The van der Waals surface area contributed by atoms with Gasteiger partial charge in [-0.05, 0) is 66.1 Å². The molecule has 0 unspecified atom stereocenters. The van der Waals surface area contributed by atoms with E-state index >= 15 is 0 Å². The molecule has 44 heavy (non-hydrogen) atoms. The smallest absolute Gasteiger partial charge is 0.343 e. The minimum atomic E-state index is -0.400. The van der Waals surface area contributed by atoms with Crippen LogP contribution in [-0.2, 0) is 0 Å². The normalized spacial score (nSPS) is 11.1. The molecule has 4 heteroatoms. The first-order valence-corrected chi connectivity index (χ1v) is 17.6. The molecular weight excluding hydrogens is 544 g/mol. The minimum Gasteiger partial charge on any atom is -0.494 e. The van der Waals surface area contributed by atoms with Crippen LogP contribution in [0.3, 0.4) is 0 Å². The third kappa shape index (κ3) is 13.7. The monoisotopic (exact) mass is 600 g/mol. The minimum absolute atomic E-state index is 0.198. The number of fused-ring (bicyclic) bond motifs is 1. The molecule has 0 radical (unpaired) electrons. The van der Waals surface area contributed by atoms with E-state index in [0.717, 1.165) is 41.3 Å². The van der Waals surface area contributed by atoms with Gasteiger partial charge in [-0.1, -0.05) is 135 Å². The van der Waals surface area contributed by atoms with Gasteiger partial charge in [-0.3, -0.25) is 4.79 Å². The van der Waals surface area contributed by atoms with Crippen LogP contribution in [0.5, 0.6) is 11.5 Å². The molecule has 0 N–H and O–H groups in total. The van der Waals surface area contributed by atoms with Crippen LogP contribution in [0.2, 0.25) is 0 Å². The largest absolute Gasteiger partial charge is 0.494 e. The highest BCUT2D eigenvalue weighted by Gasteiger charge is 2.11. The van der Waals surface area contributed by atoms with E-state index in [-0.39, 0.29) is 5.78 Å². The summed E-state index contributed by atoms with van der Waals surface area (Å²) >= 11 is 0. The summed E-state index contributed by atoms with van der Waals surface area (Å²) in [5, 5.41) is 1.91. The Morgan fingerprint density at radius 1 is 0.500 bits per heavy atom. The van der Waals surface area contributed by atoms with E-state index in [1.165, 1.54) is 96.3 Å². The Balaban J connectivity index is 1.35. The molecule has 240 valence electrons. The Hall–Kier alpha value is -3.14. The van der Waals surface area contributed by atoms with Gasteiger partial charge in [0.1, 0.15) is 11.5 Å². The molecule has 0 aromatic heterocycles. The van der Waals surface area contributed by atoms with Crippen LogP contribution in [0.15, 0.2) is 60.7 Å². The summed E-state index contributed by atoms with van der Waals surface area (Å²) in [5.74, 6) is 1.06. The molecule has 0 amide bonds. The summed E-state index contributed by atoms with van der Waals surface area (Å²) in [5.41, 5.74) is 1.24. The molecule has 0 saturated carbocycles. The molecule has 3 aromatic carbocycles. The summed E-state index contributed by atoms with van der Waals surface area (Å²) < 4.78 is 11.5. The molecule has 0 atom stereocenters. The number of carbonyl (C=O) groups is 2. The van der Waals surface area contributed by atoms with Crippen LogP contribution < -0.4 is 9.47 Å². The quantitative estimate of drug-likeness (QED) is 0.0444. The van der Waals surface area contributed by atoms with Gasteiger partial charge in [-0.2, -0.15) is 0 Å². The Morgan fingerprint density at radius 3 is 1.59 bits per heavy atom. The molecule has 3 rings (SSSR count). The zero-order chi connectivity index (χ0) is 31.2. The van der Waals surface area contributed by atoms with E-state index in [4.69, 9.17) is 9.47 Å². The number of esters is 1. The Morgan fingerprint density at radius 2 is 0.977 bits per heavy atom. The standard InChI is InChI=1S/C40H56O4/c1-3-5-7-9-11-13-14-16-18-20-30-43-37-27-24-33(25-28-37)40(42)44-38-29-26-34-31-36(23-22-35(34)32-38)39(41)21-19-17-15-12-10-8-6-4-2/h22-29,31-32H,3-21,30H2,1-2H3. The molecule has 0 heterocycles. The first kappa shape index (κ1) is 35.3. The van der Waals surface area contributed by atoms with Crippen molar-refractivity contribution in [3.63, 3.8) is 0 Å². The van der Waals surface area contributed by atoms with Crippen molar-refractivity contribution < 1.29 is 19.1 Å². The predicted molar refractivity (Wildman–Crippen MR) is 184 cm³/mol. The van der Waals surface area contributed by atoms with Crippen LogP contribution in [0.4, 0.5) is 0 Å². The average Bonchev–Trinajstić information content (AvgIpc) is 3.04. The summed E-state index contributed by atoms with van der Waals surface area (Å²) in [6.07, 6.45) is 23.4. The van der Waals surface area contributed by atoms with Crippen molar-refractivity contribution in [3.8, 4) is 11.5 Å². The second-order valence-corrected chi connectivity index (χ2v) is 12.3. The molecule has 3 aromatic rings. The van der Waals surface area contributed by atoms with E-state index in [1.807, 2.05) is 42.5 Å². The van der Waals surface area contributed by atoms with E-state index in [0.29, 0.717) is 24.3 Å². The number of rotatable bonds is 24. The number of benzene rings is 3. The molecule has 0 aliphatic heterocycles.